The zero-order valence-electron chi connectivity index (χ0n) is 15.6. The molecule has 6 nitrogen and oxygen atoms in total. The van der Waals surface area contributed by atoms with Crippen LogP contribution in [0.25, 0.3) is 0 Å². The van der Waals surface area contributed by atoms with Crippen molar-refractivity contribution >= 4 is 12.0 Å². The van der Waals surface area contributed by atoms with Crippen LogP contribution in [0, 0.1) is 18.7 Å². The maximum Gasteiger partial charge on any atom is 0.416 e. The maximum absolute atomic E-state index is 14.2. The van der Waals surface area contributed by atoms with E-state index in [9.17, 15) is 27.2 Å². The lowest BCUT2D eigenvalue weighted by atomic mass is 9.68. The average Bonchev–Trinajstić information content (AvgIpc) is 2.96. The first kappa shape index (κ1) is 19.9. The number of likely N-dealkylation sites (tertiary alicyclic amines) is 1. The second-order valence-electron chi connectivity index (χ2n) is 7.97. The van der Waals surface area contributed by atoms with Crippen LogP contribution in [0.3, 0.4) is 0 Å². The van der Waals surface area contributed by atoms with E-state index >= 15 is 0 Å². The Balaban J connectivity index is 1.24. The summed E-state index contributed by atoms with van der Waals surface area (Å²) in [4.78, 5) is 25.2. The predicted octanol–water partition coefficient (Wildman–Crippen LogP) is 2.77. The van der Waals surface area contributed by atoms with Crippen molar-refractivity contribution in [1.82, 2.24) is 10.2 Å². The standard InChI is InChI=1S/C19H20F4N2O4/c1-10-14(19(21,22)23)3-2-11(15(10)20)8-28-13-6-25(7-13)16(26)12-4-18(5-12)9-29-17(27)24-18/h2-3,12-13H,4-9H2,1H3,(H,24,27). The SMILES string of the molecule is Cc1c(C(F)(F)F)ccc(COC2CN(C(=O)C3CC4(COC(=O)N4)C3)C2)c1F. The highest BCUT2D eigenvalue weighted by Crippen LogP contribution is 2.42. The molecule has 10 heteroatoms. The molecule has 29 heavy (non-hydrogen) atoms. The number of hydrogen-bond donors (Lipinski definition) is 1. The lowest BCUT2D eigenvalue weighted by Crippen LogP contribution is -2.62. The van der Waals surface area contributed by atoms with Crippen molar-refractivity contribution in [3.8, 4) is 0 Å². The van der Waals surface area contributed by atoms with Gasteiger partial charge >= 0.3 is 12.3 Å². The molecule has 2 aliphatic heterocycles. The Morgan fingerprint density at radius 1 is 1.34 bits per heavy atom. The van der Waals surface area contributed by atoms with Gasteiger partial charge in [0.15, 0.2) is 0 Å². The van der Waals surface area contributed by atoms with E-state index in [1.165, 1.54) is 0 Å². The van der Waals surface area contributed by atoms with Crippen molar-refractivity contribution in [3.63, 3.8) is 0 Å². The highest BCUT2D eigenvalue weighted by atomic mass is 19.4. The average molecular weight is 416 g/mol. The van der Waals surface area contributed by atoms with E-state index in [1.807, 2.05) is 0 Å². The van der Waals surface area contributed by atoms with Gasteiger partial charge in [0.2, 0.25) is 5.91 Å². The summed E-state index contributed by atoms with van der Waals surface area (Å²) in [6.45, 7) is 1.92. The van der Waals surface area contributed by atoms with Gasteiger partial charge in [-0.15, -0.1) is 0 Å². The first-order chi connectivity index (χ1) is 13.6. The molecule has 2 heterocycles. The number of halogens is 4. The Kier molecular flexibility index (Phi) is 4.71. The fourth-order valence-corrected chi connectivity index (χ4v) is 4.12. The van der Waals surface area contributed by atoms with Crippen LogP contribution < -0.4 is 5.32 Å². The van der Waals surface area contributed by atoms with Crippen molar-refractivity contribution in [2.75, 3.05) is 19.7 Å². The molecule has 0 unspecified atom stereocenters. The molecule has 1 aromatic rings. The van der Waals surface area contributed by atoms with Gasteiger partial charge in [0.05, 0.1) is 23.8 Å². The number of ether oxygens (including phenoxy) is 2. The fraction of sp³-hybridized carbons (Fsp3) is 0.579. The summed E-state index contributed by atoms with van der Waals surface area (Å²) in [5, 5.41) is 2.73. The Bertz CT molecular complexity index is 845. The topological polar surface area (TPSA) is 67.9 Å². The van der Waals surface area contributed by atoms with Crippen LogP contribution in [0.2, 0.25) is 0 Å². The minimum Gasteiger partial charge on any atom is -0.447 e. The second kappa shape index (κ2) is 6.86. The lowest BCUT2D eigenvalue weighted by molar-refractivity contribution is -0.155. The lowest BCUT2D eigenvalue weighted by Gasteiger charge is -2.47. The zero-order valence-corrected chi connectivity index (χ0v) is 15.6. The number of alkyl halides is 3. The van der Waals surface area contributed by atoms with Crippen molar-refractivity contribution in [1.29, 1.82) is 0 Å². The van der Waals surface area contributed by atoms with E-state index in [0.29, 0.717) is 25.9 Å². The molecule has 3 aliphatic rings. The molecule has 0 atom stereocenters. The fourth-order valence-electron chi connectivity index (χ4n) is 4.12. The number of carbonyl (C=O) groups excluding carboxylic acids is 2. The minimum atomic E-state index is -4.60. The van der Waals surface area contributed by atoms with Crippen LogP contribution in [-0.2, 0) is 27.1 Å². The molecule has 1 N–H and O–H groups in total. The third-order valence-corrected chi connectivity index (χ3v) is 5.88. The van der Waals surface area contributed by atoms with Gasteiger partial charge in [-0.2, -0.15) is 13.2 Å². The summed E-state index contributed by atoms with van der Waals surface area (Å²) >= 11 is 0. The van der Waals surface area contributed by atoms with E-state index in [2.05, 4.69) is 5.32 Å². The molecule has 0 aromatic heterocycles. The Hall–Kier alpha value is -2.36. The van der Waals surface area contributed by atoms with Crippen LogP contribution in [-0.4, -0.2) is 48.2 Å². The number of amides is 2. The third kappa shape index (κ3) is 3.65. The minimum absolute atomic E-state index is 0.0202. The number of carbonyl (C=O) groups is 2. The Morgan fingerprint density at radius 2 is 2.03 bits per heavy atom. The molecule has 0 bridgehead atoms. The molecule has 4 rings (SSSR count). The van der Waals surface area contributed by atoms with E-state index in [0.717, 1.165) is 19.1 Å². The molecule has 1 aliphatic carbocycles. The van der Waals surface area contributed by atoms with E-state index < -0.39 is 34.8 Å². The number of benzene rings is 1. The summed E-state index contributed by atoms with van der Waals surface area (Å²) in [6, 6.07) is 1.93. The molecular weight excluding hydrogens is 396 g/mol. The van der Waals surface area contributed by atoms with E-state index in [1.54, 1.807) is 4.90 Å². The van der Waals surface area contributed by atoms with Crippen molar-refractivity contribution in [2.24, 2.45) is 5.92 Å². The predicted molar refractivity (Wildman–Crippen MR) is 91.2 cm³/mol. The number of nitrogens with zero attached hydrogens (tertiary/aromatic N) is 1. The second-order valence-corrected chi connectivity index (χ2v) is 7.97. The van der Waals surface area contributed by atoms with Crippen LogP contribution in [0.5, 0.6) is 0 Å². The number of cyclic esters (lactones) is 1. The summed E-state index contributed by atoms with van der Waals surface area (Å²) in [6.07, 6.45) is -4.28. The van der Waals surface area contributed by atoms with E-state index in [4.69, 9.17) is 9.47 Å². The summed E-state index contributed by atoms with van der Waals surface area (Å²) in [5.41, 5.74) is -1.82. The van der Waals surface area contributed by atoms with Gasteiger partial charge in [-0.25, -0.2) is 9.18 Å². The quantitative estimate of drug-likeness (QED) is 0.767. The van der Waals surface area contributed by atoms with Crippen molar-refractivity contribution < 1.29 is 36.6 Å². The van der Waals surface area contributed by atoms with Crippen molar-refractivity contribution in [3.05, 3.63) is 34.6 Å². The van der Waals surface area contributed by atoms with Gasteiger partial charge in [-0.05, 0) is 31.4 Å². The van der Waals surface area contributed by atoms with Crippen LogP contribution in [0.1, 0.15) is 29.5 Å². The normalized spacial score (nSPS) is 26.7. The maximum atomic E-state index is 14.2. The molecule has 2 saturated heterocycles. The van der Waals surface area contributed by atoms with Gasteiger partial charge in [0.25, 0.3) is 0 Å². The van der Waals surface area contributed by atoms with Gasteiger partial charge in [-0.3, -0.25) is 4.79 Å². The van der Waals surface area contributed by atoms with Crippen LogP contribution in [0.4, 0.5) is 22.4 Å². The molecule has 1 aromatic carbocycles. The molecule has 158 valence electrons. The molecule has 1 spiro atoms. The van der Waals surface area contributed by atoms with Gasteiger partial charge < -0.3 is 19.7 Å². The van der Waals surface area contributed by atoms with Crippen LogP contribution in [0.15, 0.2) is 12.1 Å². The Labute approximate surface area is 164 Å². The smallest absolute Gasteiger partial charge is 0.416 e. The van der Waals surface area contributed by atoms with E-state index in [-0.39, 0.29) is 36.7 Å². The first-order valence-corrected chi connectivity index (χ1v) is 9.28. The zero-order chi connectivity index (χ0) is 21.0. The summed E-state index contributed by atoms with van der Waals surface area (Å²) in [7, 11) is 0. The van der Waals surface area contributed by atoms with Gasteiger partial charge in [-0.1, -0.05) is 6.07 Å². The summed E-state index contributed by atoms with van der Waals surface area (Å²) in [5.74, 6) is -1.12. The van der Waals surface area contributed by atoms with Gasteiger partial charge in [0, 0.05) is 24.6 Å². The number of rotatable bonds is 4. The monoisotopic (exact) mass is 416 g/mol. The van der Waals surface area contributed by atoms with Crippen molar-refractivity contribution in [2.45, 2.75) is 44.2 Å². The molecule has 1 saturated carbocycles. The number of alkyl carbamates (subject to hydrolysis) is 1. The first-order valence-electron chi connectivity index (χ1n) is 9.28. The van der Waals surface area contributed by atoms with Crippen LogP contribution >= 0.6 is 0 Å². The number of nitrogens with one attached hydrogen (secondary N) is 1. The molecule has 0 radical (unpaired) electrons. The number of hydrogen-bond acceptors (Lipinski definition) is 4. The summed E-state index contributed by atoms with van der Waals surface area (Å²) < 4.78 is 63.1. The molecular formula is C19H20F4N2O4. The largest absolute Gasteiger partial charge is 0.447 e. The molecule has 3 fully saturated rings. The highest BCUT2D eigenvalue weighted by molar-refractivity contribution is 5.82. The third-order valence-electron chi connectivity index (χ3n) is 5.88. The van der Waals surface area contributed by atoms with Gasteiger partial charge in [0.1, 0.15) is 12.4 Å². The Morgan fingerprint density at radius 3 is 2.62 bits per heavy atom. The molecule has 2 amide bonds. The highest BCUT2D eigenvalue weighted by Gasteiger charge is 2.54.